The minimum atomic E-state index is 1.16. The van der Waals surface area contributed by atoms with E-state index in [1.165, 1.54) is 215 Å². The lowest BCUT2D eigenvalue weighted by molar-refractivity contribution is 1.18. The normalized spacial score (nSPS) is 12.0. The molecule has 25 rings (SSSR count). The molecule has 0 unspecified atom stereocenters. The first-order chi connectivity index (χ1) is 57.1. The molecule has 0 N–H and O–H groups in total. The lowest BCUT2D eigenvalue weighted by Gasteiger charge is -2.14. The predicted octanol–water partition coefficient (Wildman–Crippen LogP) is 31.2. The van der Waals surface area contributed by atoms with Crippen LogP contribution in [0, 0.1) is 0 Å². The monoisotopic (exact) mass is 1510 g/mol. The Morgan fingerprint density at radius 2 is 0.426 bits per heavy atom. The van der Waals surface area contributed by atoms with Crippen molar-refractivity contribution in [1.82, 2.24) is 18.3 Å². The quantitative estimate of drug-likeness (QED) is 0.137. The fraction of sp³-hybridized carbons (Fsp3) is 0. The maximum atomic E-state index is 2.52. The van der Waals surface area contributed by atoms with Crippen molar-refractivity contribution < 1.29 is 0 Å². The Morgan fingerprint density at radius 1 is 0.148 bits per heavy atom. The van der Waals surface area contributed by atoms with E-state index in [0.29, 0.717) is 0 Å². The molecule has 0 fully saturated rings. The fourth-order valence-electron chi connectivity index (χ4n) is 19.0. The van der Waals surface area contributed by atoms with Gasteiger partial charge in [0.2, 0.25) is 0 Å². The van der Waals surface area contributed by atoms with Gasteiger partial charge in [0.05, 0.1) is 44.1 Å². The highest BCUT2D eigenvalue weighted by atomic mass is 32.1. The zero-order valence-corrected chi connectivity index (χ0v) is 64.6. The molecule has 0 aliphatic heterocycles. The summed E-state index contributed by atoms with van der Waals surface area (Å²) in [6.45, 7) is 0. The number of hydrogen-bond donors (Lipinski definition) is 0. The molecule has 0 aliphatic rings. The van der Waals surface area contributed by atoms with E-state index in [0.717, 1.165) is 11.4 Å². The molecule has 7 heteroatoms. The number of fused-ring (bicyclic) bond motifs is 21. The second-order valence-electron chi connectivity index (χ2n) is 30.0. The van der Waals surface area contributed by atoms with Crippen LogP contribution in [0.15, 0.2) is 400 Å². The third-order valence-corrected chi connectivity index (χ3v) is 27.5. The van der Waals surface area contributed by atoms with Gasteiger partial charge in [-0.3, -0.25) is 0 Å². The molecule has 7 aromatic heterocycles. The van der Waals surface area contributed by atoms with Gasteiger partial charge in [-0.05, 0) is 160 Å². The van der Waals surface area contributed by atoms with Crippen LogP contribution in [-0.2, 0) is 0 Å². The van der Waals surface area contributed by atoms with Gasteiger partial charge in [-0.25, -0.2) is 0 Å². The zero-order chi connectivity index (χ0) is 75.3. The number of rotatable bonds is 9. The van der Waals surface area contributed by atoms with Crippen molar-refractivity contribution in [2.75, 3.05) is 0 Å². The van der Waals surface area contributed by atoms with Crippen LogP contribution in [0.4, 0.5) is 0 Å². The van der Waals surface area contributed by atoms with Crippen molar-refractivity contribution in [3.8, 4) is 78.4 Å². The summed E-state index contributed by atoms with van der Waals surface area (Å²) < 4.78 is 17.8. The molecule has 0 amide bonds. The Labute approximate surface area is 673 Å². The molecule has 115 heavy (non-hydrogen) atoms. The molecule has 0 saturated heterocycles. The Bertz CT molecular complexity index is 8290. The van der Waals surface area contributed by atoms with E-state index < -0.39 is 0 Å². The molecule has 7 heterocycles. The van der Waals surface area contributed by atoms with Gasteiger partial charge in [0, 0.05) is 143 Å². The molecular weight excluding hydrogens is 1450 g/mol. The van der Waals surface area contributed by atoms with Crippen LogP contribution in [0.3, 0.4) is 0 Å². The van der Waals surface area contributed by atoms with Gasteiger partial charge in [-0.1, -0.05) is 279 Å². The van der Waals surface area contributed by atoms with Crippen LogP contribution >= 0.6 is 34.0 Å². The molecule has 0 spiro atoms. The molecule has 0 saturated carbocycles. The summed E-state index contributed by atoms with van der Waals surface area (Å²) in [5, 5.41) is 17.9. The molecule has 0 atom stereocenters. The maximum Gasteiger partial charge on any atom is 0.0547 e. The van der Waals surface area contributed by atoms with Crippen molar-refractivity contribution in [3.05, 3.63) is 400 Å². The number of thiophene rings is 3. The summed E-state index contributed by atoms with van der Waals surface area (Å²) in [7, 11) is 0. The topological polar surface area (TPSA) is 19.7 Å². The van der Waals surface area contributed by atoms with E-state index in [2.05, 4.69) is 419 Å². The smallest absolute Gasteiger partial charge is 0.0547 e. The molecule has 25 aromatic rings. The zero-order valence-electron chi connectivity index (χ0n) is 62.1. The number of para-hydroxylation sites is 6. The second-order valence-corrected chi connectivity index (χ2v) is 33.2. The van der Waals surface area contributed by atoms with Gasteiger partial charge >= 0.3 is 0 Å². The molecule has 4 nitrogen and oxygen atoms in total. The molecule has 18 aromatic carbocycles. The number of aromatic nitrogens is 4. The first-order valence-corrected chi connectivity index (χ1v) is 41.7. The number of nitrogens with zero attached hydrogens (tertiary/aromatic N) is 4. The SMILES string of the molecule is c1ccc(-c2cccc(-c3cc(-n4c5ccccc5c5c(-c6cccc7c6c6ccccc6n7-c6ccccc6)cccc54)cc4c3sc3ccccc34)c2)cc1.c1ccc(-n2c3ccccc3c3c(-c4cccc5c4c4ccccc4n5-c4cc(-c5cccc6c5sc5ccccc56)c5sc6ccccc6c5c4)cccc32)cc1. The Kier molecular flexibility index (Phi) is 14.9. The van der Waals surface area contributed by atoms with Gasteiger partial charge < -0.3 is 18.3 Å². The summed E-state index contributed by atoms with van der Waals surface area (Å²) in [6, 6.07) is 147. The Morgan fingerprint density at radius 3 is 0.852 bits per heavy atom. The lowest BCUT2D eigenvalue weighted by Crippen LogP contribution is -1.95. The third kappa shape index (κ3) is 10.1. The van der Waals surface area contributed by atoms with E-state index in [9.17, 15) is 0 Å². The standard InChI is InChI=1S/C54H32N2S2.C54H34N2S/c1-2-15-33(16-3-1)55-45-25-8-4-19-41(45)51-37(21-13-27-47(51)55)38-22-14-28-48-52(38)42-20-5-9-26-46(42)56(48)34-31-43-36-18-7-11-30-50(36)58-54(43)44(32-34)40-24-12-23-39-35-17-6-10-29-49(35)57-53(39)40;1-3-16-35(17-4-1)36-18-13-19-37(32-36)45-33-39(34-46-40-22-9-12-31-51(40)57-54(45)46)56-48-28-11-8-24-44(48)53-42(26-15-30-50(53)56)41-25-14-29-49-52(41)43-23-7-10-27-47(43)55(49)38-20-5-2-6-21-38/h1-32H;1-34H. The minimum Gasteiger partial charge on any atom is -0.309 e. The van der Waals surface area contributed by atoms with Crippen LogP contribution in [0.1, 0.15) is 0 Å². The van der Waals surface area contributed by atoms with Crippen LogP contribution in [0.5, 0.6) is 0 Å². The first-order valence-electron chi connectivity index (χ1n) is 39.3. The van der Waals surface area contributed by atoms with Crippen LogP contribution in [0.2, 0.25) is 0 Å². The summed E-state index contributed by atoms with van der Waals surface area (Å²) in [4.78, 5) is 0. The van der Waals surface area contributed by atoms with Crippen LogP contribution < -0.4 is 0 Å². The fourth-order valence-corrected chi connectivity index (χ4v) is 22.7. The summed E-state index contributed by atoms with van der Waals surface area (Å²) >= 11 is 5.70. The van der Waals surface area contributed by atoms with Crippen molar-refractivity contribution >= 4 is 182 Å². The third-order valence-electron chi connectivity index (χ3n) is 23.8. The average Bonchev–Trinajstić information content (AvgIpc) is 1.56. The van der Waals surface area contributed by atoms with Crippen molar-refractivity contribution in [3.63, 3.8) is 0 Å². The van der Waals surface area contributed by atoms with Gasteiger partial charge in [0.25, 0.3) is 0 Å². The molecule has 0 aliphatic carbocycles. The highest BCUT2D eigenvalue weighted by molar-refractivity contribution is 7.27. The van der Waals surface area contributed by atoms with Gasteiger partial charge in [0.1, 0.15) is 0 Å². The number of hydrogen-bond acceptors (Lipinski definition) is 3. The molecule has 0 bridgehead atoms. The number of benzene rings is 18. The van der Waals surface area contributed by atoms with E-state index >= 15 is 0 Å². The molecule has 536 valence electrons. The minimum absolute atomic E-state index is 1.16. The average molecular weight is 1520 g/mol. The van der Waals surface area contributed by atoms with Crippen LogP contribution in [-0.4, -0.2) is 18.3 Å². The molecular formula is C108H66N4S3. The Hall–Kier alpha value is -14.2. The van der Waals surface area contributed by atoms with E-state index in [1.54, 1.807) is 0 Å². The summed E-state index contributed by atoms with van der Waals surface area (Å²) in [6.07, 6.45) is 0. The molecule has 0 radical (unpaired) electrons. The van der Waals surface area contributed by atoms with Gasteiger partial charge in [-0.15, -0.1) is 34.0 Å². The highest BCUT2D eigenvalue weighted by Crippen LogP contribution is 2.52. The van der Waals surface area contributed by atoms with Crippen molar-refractivity contribution in [2.45, 2.75) is 0 Å². The Balaban J connectivity index is 0.000000133. The lowest BCUT2D eigenvalue weighted by atomic mass is 9.95. The summed E-state index contributed by atoms with van der Waals surface area (Å²) in [5.74, 6) is 0. The summed E-state index contributed by atoms with van der Waals surface area (Å²) in [5.41, 5.74) is 26.7. The van der Waals surface area contributed by atoms with Gasteiger partial charge in [-0.2, -0.15) is 0 Å². The van der Waals surface area contributed by atoms with E-state index in [4.69, 9.17) is 0 Å². The largest absolute Gasteiger partial charge is 0.309 e. The van der Waals surface area contributed by atoms with Crippen molar-refractivity contribution in [2.24, 2.45) is 0 Å². The van der Waals surface area contributed by atoms with E-state index in [-0.39, 0.29) is 0 Å². The highest BCUT2D eigenvalue weighted by Gasteiger charge is 2.27. The first kappa shape index (κ1) is 65.5. The second kappa shape index (κ2) is 26.2. The van der Waals surface area contributed by atoms with E-state index in [1.807, 2.05) is 34.0 Å². The van der Waals surface area contributed by atoms with Crippen molar-refractivity contribution in [1.29, 1.82) is 0 Å². The predicted molar refractivity (Wildman–Crippen MR) is 496 cm³/mol. The van der Waals surface area contributed by atoms with Gasteiger partial charge in [0.15, 0.2) is 0 Å². The maximum absolute atomic E-state index is 2.52. The van der Waals surface area contributed by atoms with Crippen LogP contribution in [0.25, 0.3) is 226 Å².